The summed E-state index contributed by atoms with van der Waals surface area (Å²) in [5, 5.41) is 14.6. The lowest BCUT2D eigenvalue weighted by Gasteiger charge is -2.46. The number of benzene rings is 2. The van der Waals surface area contributed by atoms with Gasteiger partial charge in [0.15, 0.2) is 0 Å². The van der Waals surface area contributed by atoms with Gasteiger partial charge in [0.05, 0.1) is 17.5 Å². The molecule has 1 saturated heterocycles. The predicted octanol–water partition coefficient (Wildman–Crippen LogP) is 3.51. The molecule has 0 bridgehead atoms. The Bertz CT molecular complexity index is 914. The monoisotopic (exact) mass is 427 g/mol. The van der Waals surface area contributed by atoms with Crippen molar-refractivity contribution in [3.63, 3.8) is 0 Å². The fourth-order valence-electron chi connectivity index (χ4n) is 2.90. The fourth-order valence-corrected chi connectivity index (χ4v) is 3.57. The molecule has 1 aliphatic heterocycles. The quantitative estimate of drug-likeness (QED) is 0.634. The zero-order valence-electron chi connectivity index (χ0n) is 16.3. The minimum atomic E-state index is -4.02. The Balaban J connectivity index is 0.000000221. The molecule has 0 aliphatic carbocycles. The zero-order chi connectivity index (χ0) is 21.2. The molecule has 2 aromatic carbocycles. The van der Waals surface area contributed by atoms with Crippen LogP contribution >= 0.6 is 11.6 Å². The van der Waals surface area contributed by atoms with Gasteiger partial charge < -0.3 is 15.2 Å². The Kier molecular flexibility index (Phi) is 6.91. The van der Waals surface area contributed by atoms with E-state index in [2.05, 4.69) is 5.32 Å². The molecular formula is C20H26ClNO5S. The van der Waals surface area contributed by atoms with Crippen LogP contribution in [0.5, 0.6) is 0 Å². The number of nitrogens with one attached hydrogen (secondary N) is 1. The van der Waals surface area contributed by atoms with Gasteiger partial charge in [0.2, 0.25) is 5.79 Å². The van der Waals surface area contributed by atoms with Crippen LogP contribution in [0.15, 0.2) is 53.4 Å². The predicted molar refractivity (Wildman–Crippen MR) is 109 cm³/mol. The van der Waals surface area contributed by atoms with Crippen LogP contribution in [-0.2, 0) is 20.6 Å². The maximum atomic E-state index is 10.6. The van der Waals surface area contributed by atoms with Crippen molar-refractivity contribution in [1.82, 2.24) is 5.32 Å². The number of hydrogen-bond donors (Lipinski definition) is 3. The second-order valence-electron chi connectivity index (χ2n) is 7.53. The number of hydrogen-bond acceptors (Lipinski definition) is 5. The maximum absolute atomic E-state index is 10.6. The summed E-state index contributed by atoms with van der Waals surface area (Å²) in [7, 11) is -4.02. The van der Waals surface area contributed by atoms with Crippen molar-refractivity contribution >= 4 is 21.7 Å². The van der Waals surface area contributed by atoms with E-state index >= 15 is 0 Å². The van der Waals surface area contributed by atoms with Crippen molar-refractivity contribution in [2.75, 3.05) is 6.61 Å². The number of aliphatic hydroxyl groups is 1. The molecule has 1 fully saturated rings. The average molecular weight is 428 g/mol. The van der Waals surface area contributed by atoms with Gasteiger partial charge in [-0.3, -0.25) is 4.55 Å². The summed E-state index contributed by atoms with van der Waals surface area (Å²) in [6.07, 6.45) is 0. The van der Waals surface area contributed by atoms with Crippen LogP contribution in [0, 0.1) is 6.92 Å². The molecule has 1 aliphatic rings. The molecule has 0 aromatic heterocycles. The molecule has 3 N–H and O–H groups in total. The lowest BCUT2D eigenvalue weighted by molar-refractivity contribution is -0.263. The highest BCUT2D eigenvalue weighted by molar-refractivity contribution is 7.85. The van der Waals surface area contributed by atoms with Gasteiger partial charge in [-0.1, -0.05) is 41.4 Å². The number of rotatable bonds is 2. The zero-order valence-corrected chi connectivity index (χ0v) is 17.9. The van der Waals surface area contributed by atoms with Gasteiger partial charge in [0, 0.05) is 16.1 Å². The highest BCUT2D eigenvalue weighted by atomic mass is 35.5. The summed E-state index contributed by atoms with van der Waals surface area (Å²) in [5.41, 5.74) is 1.50. The Labute approximate surface area is 171 Å². The molecule has 0 radical (unpaired) electrons. The lowest BCUT2D eigenvalue weighted by Crippen LogP contribution is -2.63. The van der Waals surface area contributed by atoms with Gasteiger partial charge in [-0.05, 0) is 52.0 Å². The highest BCUT2D eigenvalue weighted by Crippen LogP contribution is 2.33. The summed E-state index contributed by atoms with van der Waals surface area (Å²) in [6, 6.07) is 12.9. The minimum Gasteiger partial charge on any atom is -0.361 e. The number of ether oxygens (including phenoxy) is 1. The normalized spacial score (nSPS) is 24.2. The third-order valence-corrected chi connectivity index (χ3v) is 5.51. The molecule has 8 heteroatoms. The van der Waals surface area contributed by atoms with E-state index in [9.17, 15) is 13.5 Å². The smallest absolute Gasteiger partial charge is 0.294 e. The van der Waals surface area contributed by atoms with E-state index in [1.807, 2.05) is 39.8 Å². The SMILES string of the molecule is C[C@@H]1NC(C)(C)CO[C@@]1(O)c1cccc(Cl)c1.Cc1ccc(S(=O)(=O)O)cc1. The summed E-state index contributed by atoms with van der Waals surface area (Å²) in [6.45, 7) is 8.28. The van der Waals surface area contributed by atoms with Crippen LogP contribution in [0.3, 0.4) is 0 Å². The van der Waals surface area contributed by atoms with Gasteiger partial charge in [-0.2, -0.15) is 8.42 Å². The summed E-state index contributed by atoms with van der Waals surface area (Å²) >= 11 is 5.94. The molecule has 0 saturated carbocycles. The van der Waals surface area contributed by atoms with Crippen molar-refractivity contribution in [2.45, 2.75) is 50.0 Å². The summed E-state index contributed by atoms with van der Waals surface area (Å²) in [5.74, 6) is -1.32. The second kappa shape index (κ2) is 8.49. The van der Waals surface area contributed by atoms with E-state index in [0.29, 0.717) is 17.2 Å². The van der Waals surface area contributed by atoms with Gasteiger partial charge in [0.1, 0.15) is 0 Å². The molecule has 6 nitrogen and oxygen atoms in total. The average Bonchev–Trinajstić information content (AvgIpc) is 2.58. The molecule has 154 valence electrons. The molecule has 3 rings (SSSR count). The van der Waals surface area contributed by atoms with Gasteiger partial charge in [-0.15, -0.1) is 0 Å². The van der Waals surface area contributed by atoms with E-state index in [1.165, 1.54) is 12.1 Å². The third kappa shape index (κ3) is 5.76. The summed E-state index contributed by atoms with van der Waals surface area (Å²) in [4.78, 5) is -0.0666. The highest BCUT2D eigenvalue weighted by Gasteiger charge is 2.44. The Morgan fingerprint density at radius 1 is 1.18 bits per heavy atom. The fraction of sp³-hybridized carbons (Fsp3) is 0.400. The first kappa shape index (κ1) is 22.8. The summed E-state index contributed by atoms with van der Waals surface area (Å²) < 4.78 is 35.2. The van der Waals surface area contributed by atoms with Crippen LogP contribution in [0.2, 0.25) is 5.02 Å². The Morgan fingerprint density at radius 3 is 2.29 bits per heavy atom. The largest absolute Gasteiger partial charge is 0.361 e. The molecule has 28 heavy (non-hydrogen) atoms. The first-order valence-electron chi connectivity index (χ1n) is 8.78. The maximum Gasteiger partial charge on any atom is 0.294 e. The van der Waals surface area contributed by atoms with Crippen molar-refractivity contribution in [1.29, 1.82) is 0 Å². The molecule has 0 spiro atoms. The van der Waals surface area contributed by atoms with Crippen LogP contribution in [0.25, 0.3) is 0 Å². The van der Waals surface area contributed by atoms with Gasteiger partial charge in [-0.25, -0.2) is 0 Å². The van der Waals surface area contributed by atoms with Crippen LogP contribution in [0.1, 0.15) is 31.9 Å². The Morgan fingerprint density at radius 2 is 1.79 bits per heavy atom. The van der Waals surface area contributed by atoms with Crippen molar-refractivity contribution in [2.24, 2.45) is 0 Å². The molecule has 0 amide bonds. The van der Waals surface area contributed by atoms with E-state index in [0.717, 1.165) is 5.56 Å². The topological polar surface area (TPSA) is 95.9 Å². The van der Waals surface area contributed by atoms with Gasteiger partial charge in [0.25, 0.3) is 10.1 Å². The van der Waals surface area contributed by atoms with Crippen LogP contribution < -0.4 is 5.32 Å². The van der Waals surface area contributed by atoms with Crippen LogP contribution in [-0.4, -0.2) is 36.3 Å². The van der Waals surface area contributed by atoms with E-state index in [-0.39, 0.29) is 16.5 Å². The van der Waals surface area contributed by atoms with Crippen LogP contribution in [0.4, 0.5) is 0 Å². The molecular weight excluding hydrogens is 402 g/mol. The molecule has 1 heterocycles. The number of halogens is 1. The van der Waals surface area contributed by atoms with Crippen molar-refractivity contribution < 1.29 is 22.8 Å². The molecule has 2 aromatic rings. The molecule has 2 atom stereocenters. The van der Waals surface area contributed by atoms with E-state index in [4.69, 9.17) is 20.9 Å². The lowest BCUT2D eigenvalue weighted by atomic mass is 9.93. The standard InChI is InChI=1S/C13H18ClNO2.C7H8O3S/c1-9-13(16,17-8-12(2,3)15-9)10-5-4-6-11(14)7-10;1-6-2-4-7(5-3-6)11(8,9)10/h4-7,9,15-16H,8H2,1-3H3;2-5H,1H3,(H,8,9,10)/t9-,13+;/m0./s1. The number of morpholine rings is 1. The van der Waals surface area contributed by atoms with Gasteiger partial charge >= 0.3 is 0 Å². The first-order valence-corrected chi connectivity index (χ1v) is 10.6. The number of aryl methyl sites for hydroxylation is 1. The third-order valence-electron chi connectivity index (χ3n) is 4.40. The first-order chi connectivity index (χ1) is 12.8. The minimum absolute atomic E-state index is 0.0666. The van der Waals surface area contributed by atoms with E-state index < -0.39 is 15.9 Å². The van der Waals surface area contributed by atoms with Crippen molar-refractivity contribution in [3.8, 4) is 0 Å². The Hall–Kier alpha value is -1.48. The molecule has 0 unspecified atom stereocenters. The van der Waals surface area contributed by atoms with Crippen molar-refractivity contribution in [3.05, 3.63) is 64.7 Å². The second-order valence-corrected chi connectivity index (χ2v) is 9.39. The van der Waals surface area contributed by atoms with E-state index in [1.54, 1.807) is 24.3 Å².